The molecule has 0 aliphatic carbocycles. The summed E-state index contributed by atoms with van der Waals surface area (Å²) < 4.78 is 7.89. The molecule has 0 fully saturated rings. The van der Waals surface area contributed by atoms with E-state index in [2.05, 4.69) is 15.5 Å². The molecule has 1 N–H and O–H groups in total. The summed E-state index contributed by atoms with van der Waals surface area (Å²) in [5.74, 6) is 0.480. The lowest BCUT2D eigenvalue weighted by Gasteiger charge is -2.11. The predicted octanol–water partition coefficient (Wildman–Crippen LogP) is 2.35. The van der Waals surface area contributed by atoms with Crippen LogP contribution in [0.4, 0.5) is 5.69 Å². The summed E-state index contributed by atoms with van der Waals surface area (Å²) in [7, 11) is 1.49. The molecule has 0 atom stereocenters. The van der Waals surface area contributed by atoms with E-state index < -0.39 is 11.5 Å². The molecular weight excluding hydrogens is 370 g/mol. The maximum atomic E-state index is 12.4. The Balaban J connectivity index is 1.84. The van der Waals surface area contributed by atoms with Crippen LogP contribution in [0.5, 0.6) is 5.75 Å². The smallest absolute Gasteiger partial charge is 0.267 e. The summed E-state index contributed by atoms with van der Waals surface area (Å²) in [5, 5.41) is 11.7. The van der Waals surface area contributed by atoms with Gasteiger partial charge in [-0.2, -0.15) is 5.10 Å². The molecule has 0 aliphatic heterocycles. The number of carbonyl (C=O) groups excluding carboxylic acids is 1. The van der Waals surface area contributed by atoms with E-state index in [1.807, 2.05) is 19.9 Å². The third-order valence-corrected chi connectivity index (χ3v) is 4.04. The number of aromatic nitrogens is 4. The van der Waals surface area contributed by atoms with Crippen LogP contribution in [0.2, 0.25) is 5.02 Å². The molecule has 1 aromatic carbocycles. The standard InChI is InChI=1S/C18H18ClN5O3/c1-11-8-12(2)24(21-11)16-6-7-18(26)23(22-16)10-17(25)20-14-9-13(19)4-5-15(14)27-3/h4-9H,10H2,1-3H3,(H,20,25). The highest BCUT2D eigenvalue weighted by Gasteiger charge is 2.12. The number of rotatable bonds is 5. The van der Waals surface area contributed by atoms with Gasteiger partial charge in [0, 0.05) is 16.8 Å². The molecule has 0 aliphatic rings. The molecule has 0 saturated heterocycles. The van der Waals surface area contributed by atoms with Crippen LogP contribution in [-0.2, 0) is 11.3 Å². The van der Waals surface area contributed by atoms with Crippen LogP contribution in [0.25, 0.3) is 5.82 Å². The minimum atomic E-state index is -0.435. The van der Waals surface area contributed by atoms with Crippen molar-refractivity contribution < 1.29 is 9.53 Å². The third-order valence-electron chi connectivity index (χ3n) is 3.81. The van der Waals surface area contributed by atoms with Gasteiger partial charge in [0.25, 0.3) is 5.56 Å². The van der Waals surface area contributed by atoms with Gasteiger partial charge in [0.15, 0.2) is 5.82 Å². The number of carbonyl (C=O) groups is 1. The zero-order chi connectivity index (χ0) is 19.6. The topological polar surface area (TPSA) is 91.0 Å². The van der Waals surface area contributed by atoms with E-state index in [4.69, 9.17) is 16.3 Å². The van der Waals surface area contributed by atoms with Gasteiger partial charge in [-0.3, -0.25) is 9.59 Å². The second-order valence-corrected chi connectivity index (χ2v) is 6.36. The van der Waals surface area contributed by atoms with Gasteiger partial charge < -0.3 is 10.1 Å². The lowest BCUT2D eigenvalue weighted by Crippen LogP contribution is -2.30. The van der Waals surface area contributed by atoms with Gasteiger partial charge in [-0.15, -0.1) is 5.10 Å². The molecule has 0 spiro atoms. The Labute approximate surface area is 160 Å². The number of halogens is 1. The SMILES string of the molecule is COc1ccc(Cl)cc1NC(=O)Cn1nc(-n2nc(C)cc2C)ccc1=O. The van der Waals surface area contributed by atoms with E-state index in [9.17, 15) is 9.59 Å². The molecular formula is C18H18ClN5O3. The Hall–Kier alpha value is -3.13. The van der Waals surface area contributed by atoms with Crippen molar-refractivity contribution in [2.75, 3.05) is 12.4 Å². The summed E-state index contributed by atoms with van der Waals surface area (Å²) in [4.78, 5) is 24.5. The van der Waals surface area contributed by atoms with E-state index in [0.717, 1.165) is 16.1 Å². The Morgan fingerprint density at radius 1 is 1.19 bits per heavy atom. The van der Waals surface area contributed by atoms with Crippen molar-refractivity contribution in [1.82, 2.24) is 19.6 Å². The number of hydrogen-bond donors (Lipinski definition) is 1. The fourth-order valence-corrected chi connectivity index (χ4v) is 2.80. The van der Waals surface area contributed by atoms with Crippen molar-refractivity contribution in [2.45, 2.75) is 20.4 Å². The average Bonchev–Trinajstić information content (AvgIpc) is 2.95. The summed E-state index contributed by atoms with van der Waals surface area (Å²) >= 11 is 5.96. The van der Waals surface area contributed by atoms with Crippen molar-refractivity contribution >= 4 is 23.2 Å². The van der Waals surface area contributed by atoms with Crippen molar-refractivity contribution in [3.63, 3.8) is 0 Å². The lowest BCUT2D eigenvalue weighted by molar-refractivity contribution is -0.117. The first-order chi connectivity index (χ1) is 12.9. The van der Waals surface area contributed by atoms with Gasteiger partial charge >= 0.3 is 0 Å². The average molecular weight is 388 g/mol. The van der Waals surface area contributed by atoms with Crippen molar-refractivity contribution in [3.05, 3.63) is 63.2 Å². The van der Waals surface area contributed by atoms with Crippen LogP contribution in [0.3, 0.4) is 0 Å². The molecule has 0 radical (unpaired) electrons. The molecule has 0 bridgehead atoms. The zero-order valence-corrected chi connectivity index (χ0v) is 15.8. The predicted molar refractivity (Wildman–Crippen MR) is 102 cm³/mol. The monoisotopic (exact) mass is 387 g/mol. The largest absolute Gasteiger partial charge is 0.495 e. The number of aryl methyl sites for hydroxylation is 2. The first-order valence-electron chi connectivity index (χ1n) is 8.12. The van der Waals surface area contributed by atoms with Gasteiger partial charge in [0.05, 0.1) is 18.5 Å². The van der Waals surface area contributed by atoms with Gasteiger partial charge in [-0.25, -0.2) is 9.36 Å². The molecule has 140 valence electrons. The van der Waals surface area contributed by atoms with Crippen LogP contribution in [0.1, 0.15) is 11.4 Å². The molecule has 27 heavy (non-hydrogen) atoms. The number of amides is 1. The molecule has 1 amide bonds. The van der Waals surface area contributed by atoms with E-state index >= 15 is 0 Å². The summed E-state index contributed by atoms with van der Waals surface area (Å²) in [6, 6.07) is 9.68. The molecule has 3 rings (SSSR count). The number of nitrogens with zero attached hydrogens (tertiary/aromatic N) is 4. The van der Waals surface area contributed by atoms with Crippen molar-refractivity contribution in [2.24, 2.45) is 0 Å². The fraction of sp³-hybridized carbons (Fsp3) is 0.222. The Bertz CT molecular complexity index is 1060. The first kappa shape index (κ1) is 18.7. The van der Waals surface area contributed by atoms with Crippen LogP contribution in [0, 0.1) is 13.8 Å². The number of benzene rings is 1. The molecule has 0 unspecified atom stereocenters. The number of hydrogen-bond acceptors (Lipinski definition) is 5. The number of ether oxygens (including phenoxy) is 1. The first-order valence-corrected chi connectivity index (χ1v) is 8.50. The quantitative estimate of drug-likeness (QED) is 0.725. The van der Waals surface area contributed by atoms with Crippen LogP contribution >= 0.6 is 11.6 Å². The second kappa shape index (κ2) is 7.63. The molecule has 2 aromatic heterocycles. The van der Waals surface area contributed by atoms with Gasteiger partial charge in [0.2, 0.25) is 5.91 Å². The van der Waals surface area contributed by atoms with Crippen molar-refractivity contribution in [1.29, 1.82) is 0 Å². The van der Waals surface area contributed by atoms with E-state index in [1.165, 1.54) is 13.2 Å². The maximum Gasteiger partial charge on any atom is 0.267 e. The Morgan fingerprint density at radius 2 is 1.96 bits per heavy atom. The number of anilines is 1. The normalized spacial score (nSPS) is 10.7. The molecule has 8 nitrogen and oxygen atoms in total. The minimum absolute atomic E-state index is 0.262. The van der Waals surface area contributed by atoms with E-state index in [-0.39, 0.29) is 6.54 Å². The number of nitrogens with one attached hydrogen (secondary N) is 1. The summed E-state index contributed by atoms with van der Waals surface area (Å²) in [6.07, 6.45) is 0. The zero-order valence-electron chi connectivity index (χ0n) is 15.1. The minimum Gasteiger partial charge on any atom is -0.495 e. The van der Waals surface area contributed by atoms with Gasteiger partial charge in [0.1, 0.15) is 12.3 Å². The van der Waals surface area contributed by atoms with Crippen LogP contribution in [-0.4, -0.2) is 32.6 Å². The second-order valence-electron chi connectivity index (χ2n) is 5.92. The summed E-state index contributed by atoms with van der Waals surface area (Å²) in [5.41, 5.74) is 1.72. The Kier molecular flexibility index (Phi) is 5.27. The Morgan fingerprint density at radius 3 is 2.63 bits per heavy atom. The molecule has 9 heteroatoms. The third kappa shape index (κ3) is 4.17. The molecule has 0 saturated carbocycles. The number of methoxy groups -OCH3 is 1. The highest BCUT2D eigenvalue weighted by Crippen LogP contribution is 2.27. The van der Waals surface area contributed by atoms with Gasteiger partial charge in [-0.05, 0) is 44.2 Å². The molecule has 3 aromatic rings. The van der Waals surface area contributed by atoms with E-state index in [1.54, 1.807) is 28.9 Å². The van der Waals surface area contributed by atoms with Gasteiger partial charge in [-0.1, -0.05) is 11.6 Å². The highest BCUT2D eigenvalue weighted by atomic mass is 35.5. The highest BCUT2D eigenvalue weighted by molar-refractivity contribution is 6.31. The van der Waals surface area contributed by atoms with Crippen LogP contribution in [0.15, 0.2) is 41.2 Å². The fourth-order valence-electron chi connectivity index (χ4n) is 2.63. The molecule has 2 heterocycles. The van der Waals surface area contributed by atoms with E-state index in [0.29, 0.717) is 22.3 Å². The van der Waals surface area contributed by atoms with Crippen molar-refractivity contribution in [3.8, 4) is 11.6 Å². The summed E-state index contributed by atoms with van der Waals surface area (Å²) in [6.45, 7) is 3.49. The lowest BCUT2D eigenvalue weighted by atomic mass is 10.3. The van der Waals surface area contributed by atoms with Crippen LogP contribution < -0.4 is 15.6 Å². The maximum absolute atomic E-state index is 12.4.